The summed E-state index contributed by atoms with van der Waals surface area (Å²) in [6.07, 6.45) is 13.1. The van der Waals surface area contributed by atoms with Crippen LogP contribution in [0.25, 0.3) is 57.5 Å². The second kappa shape index (κ2) is 11.2. The van der Waals surface area contributed by atoms with Gasteiger partial charge in [-0.05, 0) is 79.1 Å². The van der Waals surface area contributed by atoms with Gasteiger partial charge in [0, 0.05) is 35.2 Å². The third-order valence-corrected chi connectivity index (χ3v) is 7.31. The highest BCUT2D eigenvalue weighted by Crippen LogP contribution is 2.31. The van der Waals surface area contributed by atoms with Crippen LogP contribution in [-0.4, -0.2) is 33.0 Å². The Bertz CT molecular complexity index is 1680. The van der Waals surface area contributed by atoms with Crippen molar-refractivity contribution in [1.82, 2.24) is 19.9 Å². The molecule has 4 aromatic rings. The summed E-state index contributed by atoms with van der Waals surface area (Å²) in [4.78, 5) is 20.0. The number of fused-ring (bicyclic) bond motifs is 8. The number of hydrogen-bond acceptors (Lipinski definition) is 3. The van der Waals surface area contributed by atoms with Crippen molar-refractivity contribution in [3.05, 3.63) is 89.5 Å². The summed E-state index contributed by atoms with van der Waals surface area (Å²) in [6, 6.07) is 23.3. The van der Waals surface area contributed by atoms with E-state index in [1.807, 2.05) is 6.07 Å². The fraction of sp³-hybridized carbons (Fsp3) is 0.235. The van der Waals surface area contributed by atoms with Crippen LogP contribution < -0.4 is 4.90 Å². The van der Waals surface area contributed by atoms with Gasteiger partial charge >= 0.3 is 0 Å². The first-order valence-corrected chi connectivity index (χ1v) is 14.1. The lowest BCUT2D eigenvalue weighted by Gasteiger charge is -2.25. The zero-order valence-corrected chi connectivity index (χ0v) is 22.7. The van der Waals surface area contributed by atoms with Gasteiger partial charge in [-0.15, -0.1) is 0 Å². The Balaban J connectivity index is 1.63. The second-order valence-electron chi connectivity index (χ2n) is 10.2. The number of aromatic amines is 2. The van der Waals surface area contributed by atoms with Crippen molar-refractivity contribution in [1.29, 1.82) is 0 Å². The molecule has 3 aromatic heterocycles. The number of nitrogens with one attached hydrogen (secondary N) is 2. The number of hydrogen-bond donors (Lipinski definition) is 2. The highest BCUT2D eigenvalue weighted by atomic mass is 15.1. The highest BCUT2D eigenvalue weighted by molar-refractivity contribution is 5.92. The summed E-state index contributed by atoms with van der Waals surface area (Å²) in [6.45, 7) is 6.54. The van der Waals surface area contributed by atoms with Crippen LogP contribution in [0, 0.1) is 0 Å². The van der Waals surface area contributed by atoms with E-state index in [1.165, 1.54) is 5.69 Å². The van der Waals surface area contributed by atoms with Crippen molar-refractivity contribution in [2.75, 3.05) is 18.0 Å². The van der Waals surface area contributed by atoms with Crippen molar-refractivity contribution in [2.45, 2.75) is 39.5 Å². The van der Waals surface area contributed by atoms with Gasteiger partial charge in [-0.25, -0.2) is 9.97 Å². The molecule has 0 aliphatic carbocycles. The minimum atomic E-state index is 0.932. The number of rotatable bonds is 8. The van der Waals surface area contributed by atoms with E-state index in [9.17, 15) is 0 Å². The van der Waals surface area contributed by atoms with Crippen LogP contribution in [0.5, 0.6) is 0 Å². The quantitative estimate of drug-likeness (QED) is 0.214. The fourth-order valence-corrected chi connectivity index (χ4v) is 5.33. The van der Waals surface area contributed by atoms with Gasteiger partial charge in [-0.1, -0.05) is 57.0 Å². The summed E-state index contributed by atoms with van der Waals surface area (Å²) >= 11 is 0. The normalized spacial score (nSPS) is 12.3. The molecule has 8 bridgehead atoms. The van der Waals surface area contributed by atoms with E-state index >= 15 is 0 Å². The summed E-state index contributed by atoms with van der Waals surface area (Å²) < 4.78 is 0. The number of H-pyrrole nitrogens is 2. The maximum Gasteiger partial charge on any atom is 0.0892 e. The molecular weight excluding hydrogens is 478 g/mol. The molecule has 0 saturated carbocycles. The Morgan fingerprint density at radius 1 is 0.641 bits per heavy atom. The average Bonchev–Trinajstić information content (AvgIpc) is 3.77. The molecule has 5 nitrogen and oxygen atoms in total. The third kappa shape index (κ3) is 5.30. The number of benzene rings is 1. The van der Waals surface area contributed by atoms with Gasteiger partial charge in [-0.2, -0.15) is 0 Å². The monoisotopic (exact) mass is 513 g/mol. The Labute approximate surface area is 230 Å². The van der Waals surface area contributed by atoms with E-state index in [1.54, 1.807) is 0 Å². The third-order valence-electron chi connectivity index (χ3n) is 7.31. The lowest BCUT2D eigenvalue weighted by molar-refractivity contribution is 0.678. The first kappa shape index (κ1) is 24.9. The van der Waals surface area contributed by atoms with Crippen molar-refractivity contribution in [3.63, 3.8) is 0 Å². The number of aromatic nitrogens is 4. The van der Waals surface area contributed by atoms with E-state index in [0.717, 1.165) is 94.7 Å². The van der Waals surface area contributed by atoms with Gasteiger partial charge < -0.3 is 14.9 Å². The largest absolute Gasteiger partial charge is 0.368 e. The van der Waals surface area contributed by atoms with Crippen LogP contribution in [-0.2, 0) is 0 Å². The molecule has 0 fully saturated rings. The summed E-state index contributed by atoms with van der Waals surface area (Å²) in [5, 5.41) is 0. The van der Waals surface area contributed by atoms with Crippen molar-refractivity contribution < 1.29 is 0 Å². The number of anilines is 1. The van der Waals surface area contributed by atoms with Crippen LogP contribution >= 0.6 is 0 Å². The van der Waals surface area contributed by atoms with E-state index in [-0.39, 0.29) is 0 Å². The molecule has 0 radical (unpaired) electrons. The molecule has 39 heavy (non-hydrogen) atoms. The Morgan fingerprint density at radius 2 is 1.23 bits per heavy atom. The minimum absolute atomic E-state index is 0.932. The van der Waals surface area contributed by atoms with Crippen LogP contribution in [0.2, 0.25) is 0 Å². The number of unbranched alkanes of at least 4 members (excludes halogenated alkanes) is 2. The molecule has 5 heterocycles. The van der Waals surface area contributed by atoms with Crippen LogP contribution in [0.4, 0.5) is 5.69 Å². The smallest absolute Gasteiger partial charge is 0.0892 e. The second-order valence-corrected chi connectivity index (χ2v) is 10.2. The zero-order chi connectivity index (χ0) is 26.6. The fourth-order valence-electron chi connectivity index (χ4n) is 5.33. The predicted octanol–water partition coefficient (Wildman–Crippen LogP) is 8.73. The zero-order valence-electron chi connectivity index (χ0n) is 22.7. The van der Waals surface area contributed by atoms with Crippen LogP contribution in [0.15, 0.2) is 66.7 Å². The molecule has 2 aliphatic rings. The average molecular weight is 514 g/mol. The van der Waals surface area contributed by atoms with Gasteiger partial charge in [0.2, 0.25) is 0 Å². The molecule has 0 saturated heterocycles. The van der Waals surface area contributed by atoms with Crippen molar-refractivity contribution in [2.24, 2.45) is 0 Å². The topological polar surface area (TPSA) is 60.6 Å². The van der Waals surface area contributed by atoms with E-state index in [4.69, 9.17) is 9.97 Å². The summed E-state index contributed by atoms with van der Waals surface area (Å²) in [5.41, 5.74) is 11.4. The lowest BCUT2D eigenvalue weighted by Crippen LogP contribution is -2.26. The first-order chi connectivity index (χ1) is 19.2. The molecule has 5 heteroatoms. The summed E-state index contributed by atoms with van der Waals surface area (Å²) in [5.74, 6) is 0. The summed E-state index contributed by atoms with van der Waals surface area (Å²) in [7, 11) is 0. The Kier molecular flexibility index (Phi) is 7.13. The minimum Gasteiger partial charge on any atom is -0.368 e. The predicted molar refractivity (Wildman–Crippen MR) is 166 cm³/mol. The molecule has 2 N–H and O–H groups in total. The van der Waals surface area contributed by atoms with Gasteiger partial charge in [-0.3, -0.25) is 0 Å². The van der Waals surface area contributed by atoms with E-state index < -0.39 is 0 Å². The van der Waals surface area contributed by atoms with Crippen molar-refractivity contribution >= 4 is 52.1 Å². The maximum atomic E-state index is 5.11. The molecule has 0 spiro atoms. The number of nitrogens with zero attached hydrogens (tertiary/aromatic N) is 3. The van der Waals surface area contributed by atoms with E-state index in [2.05, 4.69) is 114 Å². The molecule has 0 atom stereocenters. The van der Waals surface area contributed by atoms with Gasteiger partial charge in [0.1, 0.15) is 0 Å². The molecule has 0 unspecified atom stereocenters. The van der Waals surface area contributed by atoms with Gasteiger partial charge in [0.05, 0.1) is 34.0 Å². The standard InChI is InChI=1S/C34H35N5/c1-3-5-20-39(21-6-4-2)34-31-18-14-27(37-31)22-25-12-16-29(35-25)33(24-10-8-7-9-11-24)30-17-13-26(36-30)23-28-15-19-32(34)38-28/h7-19,22-23,35,38H,3-6,20-21H2,1-2H3. The van der Waals surface area contributed by atoms with Gasteiger partial charge in [0.15, 0.2) is 0 Å². The molecule has 1 aromatic carbocycles. The molecule has 2 aliphatic heterocycles. The SMILES string of the molecule is CCCCN(CCCC)c1c2nc(cc3ccc([nH]3)c(-c3ccccc3)c3nc(cc4ccc1[nH]4)C=C3)C=C2. The van der Waals surface area contributed by atoms with Crippen LogP contribution in [0.1, 0.15) is 62.3 Å². The van der Waals surface area contributed by atoms with Crippen molar-refractivity contribution in [3.8, 4) is 11.1 Å². The Hall–Kier alpha value is -4.38. The highest BCUT2D eigenvalue weighted by Gasteiger charge is 2.16. The molecule has 6 rings (SSSR count). The molecule has 0 amide bonds. The molecular formula is C34H35N5. The van der Waals surface area contributed by atoms with E-state index in [0.29, 0.717) is 0 Å². The Morgan fingerprint density at radius 3 is 1.90 bits per heavy atom. The lowest BCUT2D eigenvalue weighted by atomic mass is 10.0. The first-order valence-electron chi connectivity index (χ1n) is 14.1. The van der Waals surface area contributed by atoms with Gasteiger partial charge in [0.25, 0.3) is 0 Å². The molecule has 196 valence electrons. The maximum absolute atomic E-state index is 5.11. The van der Waals surface area contributed by atoms with Crippen LogP contribution in [0.3, 0.4) is 0 Å².